The number of hydrogen-bond acceptors (Lipinski definition) is 5. The number of aromatic nitrogens is 2. The van der Waals surface area contributed by atoms with Crippen molar-refractivity contribution in [1.82, 2.24) is 14.9 Å². The van der Waals surface area contributed by atoms with Crippen LogP contribution in [0.4, 0.5) is 0 Å². The first-order valence-electron chi connectivity index (χ1n) is 9.07. The van der Waals surface area contributed by atoms with Gasteiger partial charge in [0.15, 0.2) is 11.5 Å². The number of methoxy groups -OCH3 is 2. The van der Waals surface area contributed by atoms with Crippen LogP contribution in [0.25, 0.3) is 0 Å². The molecule has 1 aromatic heterocycles. The van der Waals surface area contributed by atoms with Gasteiger partial charge in [-0.1, -0.05) is 26.0 Å². The van der Waals surface area contributed by atoms with E-state index < -0.39 is 0 Å². The average Bonchev–Trinajstić information content (AvgIpc) is 2.84. The molecule has 0 atom stereocenters. The Morgan fingerprint density at radius 3 is 2.65 bits per heavy atom. The second kappa shape index (κ2) is 7.91. The Labute approximate surface area is 154 Å². The first-order chi connectivity index (χ1) is 12.5. The number of fused-ring (bicyclic) bond motifs is 1. The lowest BCUT2D eigenvalue weighted by molar-refractivity contribution is 0.270. The van der Waals surface area contributed by atoms with Crippen LogP contribution in [0.15, 0.2) is 23.0 Å². The summed E-state index contributed by atoms with van der Waals surface area (Å²) in [5.74, 6) is 2.50. The molecule has 6 heteroatoms. The van der Waals surface area contributed by atoms with Crippen molar-refractivity contribution in [3.8, 4) is 11.5 Å². The van der Waals surface area contributed by atoms with Gasteiger partial charge in [-0.15, -0.1) is 0 Å². The fourth-order valence-electron chi connectivity index (χ4n) is 3.42. The van der Waals surface area contributed by atoms with Crippen LogP contribution in [-0.2, 0) is 19.4 Å². The molecule has 0 unspecified atom stereocenters. The number of H-pyrrole nitrogens is 1. The van der Waals surface area contributed by atoms with E-state index in [1.165, 1.54) is 0 Å². The molecule has 140 valence electrons. The van der Waals surface area contributed by atoms with Gasteiger partial charge in [-0.2, -0.15) is 0 Å². The molecule has 0 aliphatic carbocycles. The third-order valence-electron chi connectivity index (χ3n) is 4.89. The van der Waals surface area contributed by atoms with Crippen LogP contribution in [-0.4, -0.2) is 42.2 Å². The van der Waals surface area contributed by atoms with Gasteiger partial charge in [-0.3, -0.25) is 9.69 Å². The fourth-order valence-corrected chi connectivity index (χ4v) is 3.42. The minimum atomic E-state index is 0.0134. The molecule has 2 heterocycles. The van der Waals surface area contributed by atoms with Crippen molar-refractivity contribution in [1.29, 1.82) is 0 Å². The molecule has 0 fully saturated rings. The molecule has 0 saturated heterocycles. The van der Waals surface area contributed by atoms with E-state index in [4.69, 9.17) is 14.5 Å². The molecule has 1 N–H and O–H groups in total. The van der Waals surface area contributed by atoms with Gasteiger partial charge < -0.3 is 14.5 Å². The molecule has 0 saturated carbocycles. The number of para-hydroxylation sites is 1. The number of ether oxygens (including phenoxy) is 2. The minimum absolute atomic E-state index is 0.0134. The minimum Gasteiger partial charge on any atom is -0.493 e. The highest BCUT2D eigenvalue weighted by Gasteiger charge is 2.21. The van der Waals surface area contributed by atoms with Crippen molar-refractivity contribution >= 4 is 0 Å². The van der Waals surface area contributed by atoms with Gasteiger partial charge in [-0.25, -0.2) is 4.98 Å². The summed E-state index contributed by atoms with van der Waals surface area (Å²) >= 11 is 0. The molecule has 1 aliphatic heterocycles. The average molecular weight is 357 g/mol. The maximum Gasteiger partial charge on any atom is 0.254 e. The Balaban J connectivity index is 1.80. The quantitative estimate of drug-likeness (QED) is 0.891. The predicted molar refractivity (Wildman–Crippen MR) is 101 cm³/mol. The predicted octanol–water partition coefficient (Wildman–Crippen LogP) is 2.51. The van der Waals surface area contributed by atoms with E-state index in [-0.39, 0.29) is 11.5 Å². The Morgan fingerprint density at radius 1 is 1.19 bits per heavy atom. The number of hydrogen-bond donors (Lipinski definition) is 1. The Hall–Kier alpha value is -2.34. The molecule has 2 aromatic rings. The van der Waals surface area contributed by atoms with Crippen molar-refractivity contribution < 1.29 is 9.47 Å². The molecule has 0 amide bonds. The third-order valence-corrected chi connectivity index (χ3v) is 4.89. The van der Waals surface area contributed by atoms with Crippen LogP contribution in [0, 0.1) is 0 Å². The lowest BCUT2D eigenvalue weighted by atomic mass is 10.1. The van der Waals surface area contributed by atoms with Gasteiger partial charge in [0.1, 0.15) is 5.82 Å². The summed E-state index contributed by atoms with van der Waals surface area (Å²) in [6.07, 6.45) is 1.49. The molecular weight excluding hydrogens is 330 g/mol. The number of rotatable bonds is 5. The Morgan fingerprint density at radius 2 is 1.96 bits per heavy atom. The van der Waals surface area contributed by atoms with Crippen LogP contribution in [0.1, 0.15) is 42.4 Å². The summed E-state index contributed by atoms with van der Waals surface area (Å²) in [7, 11) is 3.31. The monoisotopic (exact) mass is 357 g/mol. The van der Waals surface area contributed by atoms with E-state index in [0.717, 1.165) is 60.2 Å². The van der Waals surface area contributed by atoms with Gasteiger partial charge >= 0.3 is 0 Å². The zero-order valence-corrected chi connectivity index (χ0v) is 16.0. The van der Waals surface area contributed by atoms with Crippen molar-refractivity contribution in [2.75, 3.05) is 27.3 Å². The molecule has 0 bridgehead atoms. The smallest absolute Gasteiger partial charge is 0.254 e. The summed E-state index contributed by atoms with van der Waals surface area (Å²) in [5.41, 5.74) is 2.87. The summed E-state index contributed by atoms with van der Waals surface area (Å²) in [6, 6.07) is 5.93. The van der Waals surface area contributed by atoms with Crippen LogP contribution in [0.3, 0.4) is 0 Å². The summed E-state index contributed by atoms with van der Waals surface area (Å²) in [4.78, 5) is 22.4. The second-order valence-corrected chi connectivity index (χ2v) is 6.96. The summed E-state index contributed by atoms with van der Waals surface area (Å²) in [6.45, 7) is 6.52. The number of nitrogens with zero attached hydrogens (tertiary/aromatic N) is 2. The molecule has 26 heavy (non-hydrogen) atoms. The van der Waals surface area contributed by atoms with E-state index >= 15 is 0 Å². The molecule has 1 aliphatic rings. The molecule has 3 rings (SSSR count). The normalized spacial score (nSPS) is 14.8. The topological polar surface area (TPSA) is 67.5 Å². The highest BCUT2D eigenvalue weighted by atomic mass is 16.5. The SMILES string of the molecule is COc1cccc(CN2CCc3nc(C(C)C)[nH]c(=O)c3CC2)c1OC. The zero-order valence-electron chi connectivity index (χ0n) is 16.0. The third kappa shape index (κ3) is 3.75. The van der Waals surface area contributed by atoms with Crippen molar-refractivity contribution in [2.45, 2.75) is 39.2 Å². The van der Waals surface area contributed by atoms with Crippen LogP contribution in [0.5, 0.6) is 11.5 Å². The molecule has 1 aromatic carbocycles. The summed E-state index contributed by atoms with van der Waals surface area (Å²) < 4.78 is 10.9. The standard InChI is InChI=1S/C20H27N3O3/c1-13(2)19-21-16-9-11-23(10-8-15(16)20(24)22-19)12-14-6-5-7-17(25-3)18(14)26-4/h5-7,13H,8-12H2,1-4H3,(H,21,22,24). The number of nitrogens with one attached hydrogen (secondary N) is 1. The molecule has 0 spiro atoms. The lowest BCUT2D eigenvalue weighted by Gasteiger charge is -2.21. The van der Waals surface area contributed by atoms with Crippen molar-refractivity contribution in [3.63, 3.8) is 0 Å². The highest BCUT2D eigenvalue weighted by Crippen LogP contribution is 2.31. The zero-order chi connectivity index (χ0) is 18.7. The van der Waals surface area contributed by atoms with Gasteiger partial charge in [-0.05, 0) is 12.5 Å². The Bertz CT molecular complexity index is 830. The van der Waals surface area contributed by atoms with Crippen LogP contribution >= 0.6 is 0 Å². The Kier molecular flexibility index (Phi) is 5.61. The van der Waals surface area contributed by atoms with Crippen LogP contribution in [0.2, 0.25) is 0 Å². The van der Waals surface area contributed by atoms with E-state index in [9.17, 15) is 4.79 Å². The van der Waals surface area contributed by atoms with Gasteiger partial charge in [0, 0.05) is 43.1 Å². The van der Waals surface area contributed by atoms with Gasteiger partial charge in [0.2, 0.25) is 0 Å². The molecular formula is C20H27N3O3. The van der Waals surface area contributed by atoms with Crippen molar-refractivity contribution in [2.24, 2.45) is 0 Å². The highest BCUT2D eigenvalue weighted by molar-refractivity contribution is 5.46. The van der Waals surface area contributed by atoms with E-state index in [1.54, 1.807) is 14.2 Å². The maximum atomic E-state index is 12.4. The number of aromatic amines is 1. The van der Waals surface area contributed by atoms with Gasteiger partial charge in [0.05, 0.1) is 19.9 Å². The van der Waals surface area contributed by atoms with E-state index in [2.05, 4.69) is 16.0 Å². The molecule has 6 nitrogen and oxygen atoms in total. The largest absolute Gasteiger partial charge is 0.493 e. The van der Waals surface area contributed by atoms with Gasteiger partial charge in [0.25, 0.3) is 5.56 Å². The first kappa shape index (κ1) is 18.5. The van der Waals surface area contributed by atoms with Crippen LogP contribution < -0.4 is 15.0 Å². The maximum absolute atomic E-state index is 12.4. The molecule has 0 radical (unpaired) electrons. The lowest BCUT2D eigenvalue weighted by Crippen LogP contribution is -2.26. The first-order valence-corrected chi connectivity index (χ1v) is 9.07. The van der Waals surface area contributed by atoms with E-state index in [0.29, 0.717) is 6.42 Å². The fraction of sp³-hybridized carbons (Fsp3) is 0.500. The van der Waals surface area contributed by atoms with Crippen molar-refractivity contribution in [3.05, 3.63) is 51.2 Å². The summed E-state index contributed by atoms with van der Waals surface area (Å²) in [5, 5.41) is 0. The second-order valence-electron chi connectivity index (χ2n) is 6.96. The number of benzene rings is 1. The van der Waals surface area contributed by atoms with E-state index in [1.807, 2.05) is 26.0 Å².